The molecule has 2 rings (SSSR count). The maximum atomic E-state index is 10.4. The van der Waals surface area contributed by atoms with E-state index in [9.17, 15) is 4.79 Å². The lowest BCUT2D eigenvalue weighted by Crippen LogP contribution is -2.08. The molecular weight excluding hydrogens is 152 g/mol. The van der Waals surface area contributed by atoms with Crippen molar-refractivity contribution in [1.29, 1.82) is 0 Å². The molecule has 0 fully saturated rings. The van der Waals surface area contributed by atoms with Crippen molar-refractivity contribution in [3.8, 4) is 0 Å². The lowest BCUT2D eigenvalue weighted by Gasteiger charge is -2.12. The van der Waals surface area contributed by atoms with Crippen LogP contribution in [0.4, 0.5) is 0 Å². The van der Waals surface area contributed by atoms with E-state index in [-0.39, 0.29) is 0 Å². The van der Waals surface area contributed by atoms with E-state index in [0.717, 1.165) is 24.8 Å². The number of aromatic nitrogens is 2. The standard InChI is InChI=1S/C9H10N2O/c12-6-8-5-7-3-1-2-4-9(7)11-10-8/h5-6H,1-4H2. The summed E-state index contributed by atoms with van der Waals surface area (Å²) < 4.78 is 0. The second-order valence-electron chi connectivity index (χ2n) is 3.07. The average molecular weight is 162 g/mol. The van der Waals surface area contributed by atoms with Gasteiger partial charge in [-0.2, -0.15) is 5.10 Å². The summed E-state index contributed by atoms with van der Waals surface area (Å²) in [6.45, 7) is 0. The summed E-state index contributed by atoms with van der Waals surface area (Å²) in [5.74, 6) is 0. The van der Waals surface area contributed by atoms with Gasteiger partial charge in [0.2, 0.25) is 0 Å². The highest BCUT2D eigenvalue weighted by atomic mass is 16.1. The van der Waals surface area contributed by atoms with Gasteiger partial charge in [-0.3, -0.25) is 4.79 Å². The Balaban J connectivity index is 2.42. The molecular formula is C9H10N2O. The average Bonchev–Trinajstić information content (AvgIpc) is 2.17. The van der Waals surface area contributed by atoms with Gasteiger partial charge in [0, 0.05) is 0 Å². The largest absolute Gasteiger partial charge is 0.296 e. The molecule has 0 saturated heterocycles. The highest BCUT2D eigenvalue weighted by Crippen LogP contribution is 2.18. The van der Waals surface area contributed by atoms with Crippen LogP contribution >= 0.6 is 0 Å². The van der Waals surface area contributed by atoms with Crippen molar-refractivity contribution in [2.24, 2.45) is 0 Å². The summed E-state index contributed by atoms with van der Waals surface area (Å²) in [4.78, 5) is 10.4. The number of fused-ring (bicyclic) bond motifs is 1. The fourth-order valence-electron chi connectivity index (χ4n) is 1.57. The van der Waals surface area contributed by atoms with E-state index in [1.807, 2.05) is 6.07 Å². The van der Waals surface area contributed by atoms with Crippen LogP contribution < -0.4 is 0 Å². The predicted molar refractivity (Wildman–Crippen MR) is 44.1 cm³/mol. The third-order valence-corrected chi connectivity index (χ3v) is 2.21. The third-order valence-electron chi connectivity index (χ3n) is 2.21. The summed E-state index contributed by atoms with van der Waals surface area (Å²) in [6.07, 6.45) is 5.22. The highest BCUT2D eigenvalue weighted by molar-refractivity contribution is 5.71. The fraction of sp³-hybridized carbons (Fsp3) is 0.444. The molecule has 62 valence electrons. The van der Waals surface area contributed by atoms with Crippen molar-refractivity contribution < 1.29 is 4.79 Å². The Morgan fingerprint density at radius 3 is 2.92 bits per heavy atom. The van der Waals surface area contributed by atoms with Crippen molar-refractivity contribution in [3.63, 3.8) is 0 Å². The van der Waals surface area contributed by atoms with Crippen LogP contribution in [0.25, 0.3) is 0 Å². The lowest BCUT2D eigenvalue weighted by molar-refractivity contribution is 0.111. The SMILES string of the molecule is O=Cc1cc2c(nn1)CCCC2. The number of carbonyl (C=O) groups excluding carboxylic acids is 1. The minimum absolute atomic E-state index is 0.454. The molecule has 0 spiro atoms. The number of rotatable bonds is 1. The number of aryl methyl sites for hydroxylation is 2. The Kier molecular flexibility index (Phi) is 1.86. The molecule has 1 heterocycles. The van der Waals surface area contributed by atoms with Gasteiger partial charge >= 0.3 is 0 Å². The molecule has 3 heteroatoms. The minimum Gasteiger partial charge on any atom is -0.296 e. The van der Waals surface area contributed by atoms with Crippen LogP contribution in [-0.2, 0) is 12.8 Å². The maximum absolute atomic E-state index is 10.4. The molecule has 0 radical (unpaired) electrons. The van der Waals surface area contributed by atoms with Gasteiger partial charge in [0.15, 0.2) is 6.29 Å². The number of hydrogen-bond donors (Lipinski definition) is 0. The second kappa shape index (κ2) is 3.01. The second-order valence-corrected chi connectivity index (χ2v) is 3.07. The summed E-state index contributed by atoms with van der Waals surface area (Å²) in [5, 5.41) is 7.80. The zero-order valence-electron chi connectivity index (χ0n) is 6.79. The van der Waals surface area contributed by atoms with E-state index in [2.05, 4.69) is 10.2 Å². The van der Waals surface area contributed by atoms with Crippen LogP contribution in [0, 0.1) is 0 Å². The van der Waals surface area contributed by atoms with Crippen LogP contribution in [0.3, 0.4) is 0 Å². The lowest BCUT2D eigenvalue weighted by atomic mass is 9.96. The van der Waals surface area contributed by atoms with E-state index in [1.54, 1.807) is 0 Å². The molecule has 12 heavy (non-hydrogen) atoms. The van der Waals surface area contributed by atoms with Gasteiger partial charge in [-0.15, -0.1) is 5.10 Å². The number of hydrogen-bond acceptors (Lipinski definition) is 3. The van der Waals surface area contributed by atoms with E-state index in [4.69, 9.17) is 0 Å². The van der Waals surface area contributed by atoms with Crippen LogP contribution in [-0.4, -0.2) is 16.5 Å². The first-order chi connectivity index (χ1) is 5.90. The molecule has 0 N–H and O–H groups in total. The van der Waals surface area contributed by atoms with Crippen molar-refractivity contribution >= 4 is 6.29 Å². The summed E-state index contributed by atoms with van der Waals surface area (Å²) in [5.41, 5.74) is 2.74. The number of nitrogens with zero attached hydrogens (tertiary/aromatic N) is 2. The molecule has 1 aliphatic carbocycles. The van der Waals surface area contributed by atoms with Crippen LogP contribution in [0.15, 0.2) is 6.07 Å². The van der Waals surface area contributed by atoms with Crippen LogP contribution in [0.5, 0.6) is 0 Å². The zero-order valence-corrected chi connectivity index (χ0v) is 6.79. The van der Waals surface area contributed by atoms with Crippen molar-refractivity contribution in [2.45, 2.75) is 25.7 Å². The molecule has 1 aliphatic rings. The zero-order chi connectivity index (χ0) is 8.39. The van der Waals surface area contributed by atoms with Crippen molar-refractivity contribution in [3.05, 3.63) is 23.0 Å². The Morgan fingerprint density at radius 1 is 1.25 bits per heavy atom. The Morgan fingerprint density at radius 2 is 2.08 bits per heavy atom. The van der Waals surface area contributed by atoms with E-state index in [1.165, 1.54) is 18.4 Å². The minimum atomic E-state index is 0.454. The summed E-state index contributed by atoms with van der Waals surface area (Å²) >= 11 is 0. The van der Waals surface area contributed by atoms with Crippen molar-refractivity contribution in [1.82, 2.24) is 10.2 Å². The summed E-state index contributed by atoms with van der Waals surface area (Å²) in [6, 6.07) is 1.86. The first-order valence-electron chi connectivity index (χ1n) is 4.21. The van der Waals surface area contributed by atoms with Crippen LogP contribution in [0.1, 0.15) is 34.6 Å². The van der Waals surface area contributed by atoms with Crippen molar-refractivity contribution in [2.75, 3.05) is 0 Å². The molecule has 0 bridgehead atoms. The Bertz CT molecular complexity index is 309. The van der Waals surface area contributed by atoms with Gasteiger partial charge < -0.3 is 0 Å². The maximum Gasteiger partial charge on any atom is 0.170 e. The molecule has 0 saturated carbocycles. The predicted octanol–water partition coefficient (Wildman–Crippen LogP) is 1.17. The molecule has 0 aromatic carbocycles. The van der Waals surface area contributed by atoms with E-state index in [0.29, 0.717) is 5.69 Å². The Labute approximate surface area is 70.8 Å². The van der Waals surface area contributed by atoms with Gasteiger partial charge in [0.05, 0.1) is 5.69 Å². The molecule has 1 aromatic heterocycles. The van der Waals surface area contributed by atoms with E-state index < -0.39 is 0 Å². The molecule has 0 unspecified atom stereocenters. The third kappa shape index (κ3) is 1.22. The van der Waals surface area contributed by atoms with E-state index >= 15 is 0 Å². The normalized spacial score (nSPS) is 15.3. The smallest absolute Gasteiger partial charge is 0.170 e. The first kappa shape index (κ1) is 7.40. The Hall–Kier alpha value is -1.25. The van der Waals surface area contributed by atoms with Gasteiger partial charge in [0.1, 0.15) is 5.69 Å². The molecule has 0 amide bonds. The van der Waals surface area contributed by atoms with Gasteiger partial charge in [-0.05, 0) is 37.3 Å². The molecule has 3 nitrogen and oxygen atoms in total. The van der Waals surface area contributed by atoms with Crippen LogP contribution in [0.2, 0.25) is 0 Å². The molecule has 0 aliphatic heterocycles. The van der Waals surface area contributed by atoms with Gasteiger partial charge in [0.25, 0.3) is 0 Å². The number of carbonyl (C=O) groups is 1. The number of aldehydes is 1. The van der Waals surface area contributed by atoms with Gasteiger partial charge in [-0.1, -0.05) is 0 Å². The topological polar surface area (TPSA) is 42.9 Å². The monoisotopic (exact) mass is 162 g/mol. The highest BCUT2D eigenvalue weighted by Gasteiger charge is 2.11. The van der Waals surface area contributed by atoms with Gasteiger partial charge in [-0.25, -0.2) is 0 Å². The molecule has 0 atom stereocenters. The summed E-state index contributed by atoms with van der Waals surface area (Å²) in [7, 11) is 0. The quantitative estimate of drug-likeness (QED) is 0.582. The molecule has 1 aromatic rings. The first-order valence-corrected chi connectivity index (χ1v) is 4.21. The fourth-order valence-corrected chi connectivity index (χ4v) is 1.57.